The third kappa shape index (κ3) is 60.2. The molecule has 0 aromatic heterocycles. The quantitative estimate of drug-likeness (QED) is 0.0261. The standard InChI is InChI=1S/C68H124O6/c1-4-7-10-13-16-19-22-25-28-29-30-31-32-33-34-35-36-37-38-39-41-43-46-49-52-55-58-61-67(70)73-64-65(63-72-66(69)60-57-54-51-48-45-42-27-24-21-18-15-12-9-6-3)74-68(71)62-59-56-53-50-47-44-40-26-23-20-17-14-11-8-5-2/h15,17-18,20,24,26-27,40,65H,4-14,16,19,21-23,25,28-39,41-64H2,1-3H3/b18-15-,20-17-,27-24-,40-26-. The van der Waals surface area contributed by atoms with E-state index in [2.05, 4.69) is 69.4 Å². The Balaban J connectivity index is 4.22. The fourth-order valence-corrected chi connectivity index (χ4v) is 9.61. The minimum Gasteiger partial charge on any atom is -0.462 e. The molecule has 0 fully saturated rings. The minimum absolute atomic E-state index is 0.0802. The van der Waals surface area contributed by atoms with Crippen LogP contribution in [0.4, 0.5) is 0 Å². The van der Waals surface area contributed by atoms with Gasteiger partial charge in [-0.2, -0.15) is 0 Å². The van der Waals surface area contributed by atoms with Crippen molar-refractivity contribution in [2.45, 2.75) is 354 Å². The summed E-state index contributed by atoms with van der Waals surface area (Å²) in [6.07, 6.45) is 78.5. The predicted octanol–water partition coefficient (Wildman–Crippen LogP) is 22.2. The first kappa shape index (κ1) is 71.4. The molecular formula is C68H124O6. The van der Waals surface area contributed by atoms with Crippen LogP contribution in [0, 0.1) is 0 Å². The molecule has 1 atom stereocenters. The van der Waals surface area contributed by atoms with Crippen LogP contribution in [0.3, 0.4) is 0 Å². The summed E-state index contributed by atoms with van der Waals surface area (Å²) in [5.41, 5.74) is 0. The maximum Gasteiger partial charge on any atom is 0.306 e. The summed E-state index contributed by atoms with van der Waals surface area (Å²) in [4.78, 5) is 38.3. The Hall–Kier alpha value is -2.63. The Kier molecular flexibility index (Phi) is 60.7. The normalized spacial score (nSPS) is 12.3. The number of rotatable bonds is 60. The summed E-state index contributed by atoms with van der Waals surface area (Å²) in [5.74, 6) is -0.890. The number of allylic oxidation sites excluding steroid dienone is 8. The van der Waals surface area contributed by atoms with Gasteiger partial charge in [-0.3, -0.25) is 14.4 Å². The molecule has 0 amide bonds. The van der Waals surface area contributed by atoms with Gasteiger partial charge in [0.2, 0.25) is 0 Å². The van der Waals surface area contributed by atoms with E-state index in [9.17, 15) is 14.4 Å². The number of carbonyl (C=O) groups is 3. The topological polar surface area (TPSA) is 78.9 Å². The maximum absolute atomic E-state index is 12.9. The van der Waals surface area contributed by atoms with Crippen LogP contribution in [0.15, 0.2) is 48.6 Å². The van der Waals surface area contributed by atoms with Gasteiger partial charge in [0.15, 0.2) is 6.10 Å². The van der Waals surface area contributed by atoms with E-state index in [1.807, 2.05) is 0 Å². The third-order valence-corrected chi connectivity index (χ3v) is 14.6. The van der Waals surface area contributed by atoms with E-state index < -0.39 is 6.10 Å². The van der Waals surface area contributed by atoms with Gasteiger partial charge in [0.1, 0.15) is 13.2 Å². The highest BCUT2D eigenvalue weighted by Gasteiger charge is 2.19. The molecular weight excluding hydrogens is 913 g/mol. The molecule has 0 aliphatic carbocycles. The van der Waals surface area contributed by atoms with E-state index in [1.165, 1.54) is 205 Å². The lowest BCUT2D eigenvalue weighted by molar-refractivity contribution is -0.167. The molecule has 1 unspecified atom stereocenters. The number of carbonyl (C=O) groups excluding carboxylic acids is 3. The second-order valence-corrected chi connectivity index (χ2v) is 22.0. The van der Waals surface area contributed by atoms with Crippen molar-refractivity contribution in [3.63, 3.8) is 0 Å². The molecule has 0 aromatic carbocycles. The number of hydrogen-bond donors (Lipinski definition) is 0. The second-order valence-electron chi connectivity index (χ2n) is 22.0. The maximum atomic E-state index is 12.9. The van der Waals surface area contributed by atoms with Gasteiger partial charge in [-0.15, -0.1) is 0 Å². The van der Waals surface area contributed by atoms with Gasteiger partial charge in [-0.05, 0) is 77.0 Å². The zero-order chi connectivity index (χ0) is 53.6. The van der Waals surface area contributed by atoms with Crippen molar-refractivity contribution in [3.8, 4) is 0 Å². The molecule has 0 rings (SSSR count). The fraction of sp³-hybridized carbons (Fsp3) is 0.838. The largest absolute Gasteiger partial charge is 0.462 e. The summed E-state index contributed by atoms with van der Waals surface area (Å²) in [6, 6.07) is 0. The lowest BCUT2D eigenvalue weighted by atomic mass is 10.0. The number of unbranched alkanes of at least 4 members (excludes halogenated alkanes) is 41. The average Bonchev–Trinajstić information content (AvgIpc) is 3.40. The van der Waals surface area contributed by atoms with Gasteiger partial charge in [0.05, 0.1) is 0 Å². The van der Waals surface area contributed by atoms with E-state index in [0.717, 1.165) is 103 Å². The van der Waals surface area contributed by atoms with Crippen LogP contribution >= 0.6 is 0 Å². The molecule has 0 spiro atoms. The predicted molar refractivity (Wildman–Crippen MR) is 321 cm³/mol. The number of ether oxygens (including phenoxy) is 3. The Morgan fingerprint density at radius 2 is 0.500 bits per heavy atom. The van der Waals surface area contributed by atoms with Crippen molar-refractivity contribution in [2.24, 2.45) is 0 Å². The molecule has 6 nitrogen and oxygen atoms in total. The molecule has 432 valence electrons. The molecule has 0 N–H and O–H groups in total. The van der Waals surface area contributed by atoms with E-state index in [4.69, 9.17) is 14.2 Å². The zero-order valence-electron chi connectivity index (χ0n) is 49.6. The first-order valence-corrected chi connectivity index (χ1v) is 32.6. The van der Waals surface area contributed by atoms with Crippen LogP contribution in [0.2, 0.25) is 0 Å². The zero-order valence-corrected chi connectivity index (χ0v) is 49.6. The van der Waals surface area contributed by atoms with Crippen LogP contribution in [0.1, 0.15) is 348 Å². The number of hydrogen-bond acceptors (Lipinski definition) is 6. The van der Waals surface area contributed by atoms with Gasteiger partial charge < -0.3 is 14.2 Å². The molecule has 0 bridgehead atoms. The monoisotopic (exact) mass is 1040 g/mol. The van der Waals surface area contributed by atoms with Crippen LogP contribution in [-0.4, -0.2) is 37.2 Å². The minimum atomic E-state index is -0.785. The highest BCUT2D eigenvalue weighted by molar-refractivity contribution is 5.71. The summed E-state index contributed by atoms with van der Waals surface area (Å²) in [5, 5.41) is 0. The summed E-state index contributed by atoms with van der Waals surface area (Å²) in [7, 11) is 0. The van der Waals surface area contributed by atoms with Crippen LogP contribution in [0.5, 0.6) is 0 Å². The molecule has 0 aliphatic heterocycles. The van der Waals surface area contributed by atoms with Gasteiger partial charge >= 0.3 is 17.9 Å². The first-order chi connectivity index (χ1) is 36.5. The Morgan fingerprint density at radius 1 is 0.270 bits per heavy atom. The van der Waals surface area contributed by atoms with Gasteiger partial charge in [0.25, 0.3) is 0 Å². The van der Waals surface area contributed by atoms with Gasteiger partial charge in [-0.25, -0.2) is 0 Å². The lowest BCUT2D eigenvalue weighted by Crippen LogP contribution is -2.30. The fourth-order valence-electron chi connectivity index (χ4n) is 9.61. The van der Waals surface area contributed by atoms with Crippen LogP contribution in [0.25, 0.3) is 0 Å². The SMILES string of the molecule is CCCC/C=C\C/C=C\CCCCCCCC(=O)OCC(COC(=O)CCCCCCCCCCCCCCCCCCCCCCCCCCCCC)OC(=O)CCCCCCC/C=C\C/C=C\CCCCC. The van der Waals surface area contributed by atoms with E-state index in [-0.39, 0.29) is 31.1 Å². The molecule has 0 heterocycles. The highest BCUT2D eigenvalue weighted by atomic mass is 16.6. The molecule has 0 saturated carbocycles. The van der Waals surface area contributed by atoms with Crippen molar-refractivity contribution in [2.75, 3.05) is 13.2 Å². The smallest absolute Gasteiger partial charge is 0.306 e. The summed E-state index contributed by atoms with van der Waals surface area (Å²) in [6.45, 7) is 6.60. The average molecular weight is 1040 g/mol. The second kappa shape index (κ2) is 62.9. The lowest BCUT2D eigenvalue weighted by Gasteiger charge is -2.18. The molecule has 0 radical (unpaired) electrons. The summed E-state index contributed by atoms with van der Waals surface area (Å²) < 4.78 is 16.9. The Labute approximate surface area is 460 Å². The molecule has 0 saturated heterocycles. The van der Waals surface area contributed by atoms with Crippen LogP contribution in [-0.2, 0) is 28.6 Å². The van der Waals surface area contributed by atoms with Crippen molar-refractivity contribution in [3.05, 3.63) is 48.6 Å². The van der Waals surface area contributed by atoms with E-state index >= 15 is 0 Å². The van der Waals surface area contributed by atoms with Crippen molar-refractivity contribution < 1.29 is 28.6 Å². The van der Waals surface area contributed by atoms with Gasteiger partial charge in [-0.1, -0.05) is 301 Å². The van der Waals surface area contributed by atoms with Crippen LogP contribution < -0.4 is 0 Å². The van der Waals surface area contributed by atoms with Crippen molar-refractivity contribution >= 4 is 17.9 Å². The molecule has 0 aliphatic rings. The Morgan fingerprint density at radius 3 is 0.811 bits per heavy atom. The molecule has 0 aromatic rings. The molecule has 6 heteroatoms. The summed E-state index contributed by atoms with van der Waals surface area (Å²) >= 11 is 0. The van der Waals surface area contributed by atoms with E-state index in [0.29, 0.717) is 19.3 Å². The Bertz CT molecular complexity index is 1280. The van der Waals surface area contributed by atoms with Crippen molar-refractivity contribution in [1.82, 2.24) is 0 Å². The van der Waals surface area contributed by atoms with Gasteiger partial charge in [0, 0.05) is 19.3 Å². The molecule has 74 heavy (non-hydrogen) atoms. The highest BCUT2D eigenvalue weighted by Crippen LogP contribution is 2.18. The first-order valence-electron chi connectivity index (χ1n) is 32.6. The van der Waals surface area contributed by atoms with Crippen molar-refractivity contribution in [1.29, 1.82) is 0 Å². The third-order valence-electron chi connectivity index (χ3n) is 14.6. The van der Waals surface area contributed by atoms with E-state index in [1.54, 1.807) is 0 Å². The number of esters is 3.